The molecule has 0 aliphatic carbocycles. The molecule has 0 saturated carbocycles. The number of benzene rings is 1. The Bertz CT molecular complexity index is 694. The SMILES string of the molecule is Cc1nccn1Cc1cccc(CNC(=O)N(CC(C)O)C(C)C)c1. The van der Waals surface area contributed by atoms with E-state index in [4.69, 9.17) is 0 Å². The third-order valence-electron chi connectivity index (χ3n) is 4.06. The standard InChI is InChI=1S/C19H28N4O2/c1-14(2)23(12-15(3)24)19(25)21-11-17-6-5-7-18(10-17)13-22-9-8-20-16(22)4/h5-10,14-15,24H,11-13H2,1-4H3,(H,21,25). The zero-order valence-corrected chi connectivity index (χ0v) is 15.4. The number of hydrogen-bond acceptors (Lipinski definition) is 3. The number of aryl methyl sites for hydroxylation is 1. The lowest BCUT2D eigenvalue weighted by molar-refractivity contribution is 0.119. The number of rotatable bonds is 7. The number of carbonyl (C=O) groups excluding carboxylic acids is 1. The topological polar surface area (TPSA) is 70.4 Å². The van der Waals surface area contributed by atoms with Gasteiger partial charge in [-0.15, -0.1) is 0 Å². The summed E-state index contributed by atoms with van der Waals surface area (Å²) in [7, 11) is 0. The molecule has 2 rings (SSSR count). The van der Waals surface area contributed by atoms with Gasteiger partial charge in [-0.25, -0.2) is 9.78 Å². The number of aliphatic hydroxyl groups is 1. The van der Waals surface area contributed by atoms with E-state index in [1.807, 2.05) is 39.1 Å². The molecule has 0 aliphatic heterocycles. The second-order valence-electron chi connectivity index (χ2n) is 6.68. The Morgan fingerprint density at radius 2 is 2.04 bits per heavy atom. The number of aliphatic hydroxyl groups excluding tert-OH is 1. The zero-order chi connectivity index (χ0) is 18.4. The lowest BCUT2D eigenvalue weighted by atomic mass is 10.1. The molecule has 1 atom stereocenters. The first-order chi connectivity index (χ1) is 11.9. The van der Waals surface area contributed by atoms with Crippen LogP contribution in [0.15, 0.2) is 36.7 Å². The van der Waals surface area contributed by atoms with Crippen LogP contribution in [0.4, 0.5) is 4.79 Å². The van der Waals surface area contributed by atoms with Crippen molar-refractivity contribution in [2.24, 2.45) is 0 Å². The first-order valence-electron chi connectivity index (χ1n) is 8.65. The van der Waals surface area contributed by atoms with E-state index in [9.17, 15) is 9.90 Å². The highest BCUT2D eigenvalue weighted by Gasteiger charge is 2.18. The fraction of sp³-hybridized carbons (Fsp3) is 0.474. The quantitative estimate of drug-likeness (QED) is 0.811. The smallest absolute Gasteiger partial charge is 0.317 e. The lowest BCUT2D eigenvalue weighted by Gasteiger charge is -2.28. The van der Waals surface area contributed by atoms with Crippen molar-refractivity contribution in [3.63, 3.8) is 0 Å². The average Bonchev–Trinajstić information content (AvgIpc) is 2.95. The van der Waals surface area contributed by atoms with Gasteiger partial charge in [-0.2, -0.15) is 0 Å². The molecule has 1 unspecified atom stereocenters. The predicted octanol–water partition coefficient (Wildman–Crippen LogP) is 2.54. The maximum absolute atomic E-state index is 12.4. The summed E-state index contributed by atoms with van der Waals surface area (Å²) in [5, 5.41) is 12.5. The number of imidazole rings is 1. The van der Waals surface area contributed by atoms with Crippen LogP contribution >= 0.6 is 0 Å². The van der Waals surface area contributed by atoms with Gasteiger partial charge < -0.3 is 19.9 Å². The molecule has 136 valence electrons. The molecule has 0 bridgehead atoms. The van der Waals surface area contributed by atoms with Gasteiger partial charge in [-0.3, -0.25) is 0 Å². The van der Waals surface area contributed by atoms with Gasteiger partial charge in [-0.1, -0.05) is 24.3 Å². The summed E-state index contributed by atoms with van der Waals surface area (Å²) in [6.07, 6.45) is 3.21. The van der Waals surface area contributed by atoms with E-state index in [1.165, 1.54) is 0 Å². The van der Waals surface area contributed by atoms with Crippen LogP contribution < -0.4 is 5.32 Å². The van der Waals surface area contributed by atoms with Gasteiger partial charge in [0.25, 0.3) is 0 Å². The highest BCUT2D eigenvalue weighted by Crippen LogP contribution is 2.09. The first kappa shape index (κ1) is 19.0. The molecule has 2 aromatic rings. The van der Waals surface area contributed by atoms with Crippen LogP contribution in [0.25, 0.3) is 0 Å². The van der Waals surface area contributed by atoms with Gasteiger partial charge >= 0.3 is 6.03 Å². The van der Waals surface area contributed by atoms with E-state index in [0.717, 1.165) is 23.5 Å². The molecule has 0 spiro atoms. The molecular formula is C19H28N4O2. The molecule has 2 N–H and O–H groups in total. The Morgan fingerprint density at radius 3 is 2.64 bits per heavy atom. The Morgan fingerprint density at radius 1 is 1.32 bits per heavy atom. The van der Waals surface area contributed by atoms with Crippen molar-refractivity contribution in [3.05, 3.63) is 53.6 Å². The molecule has 1 heterocycles. The summed E-state index contributed by atoms with van der Waals surface area (Å²) >= 11 is 0. The van der Waals surface area contributed by atoms with Crippen molar-refractivity contribution >= 4 is 6.03 Å². The largest absolute Gasteiger partial charge is 0.392 e. The number of amides is 2. The second kappa shape index (κ2) is 8.67. The molecule has 0 saturated heterocycles. The Hall–Kier alpha value is -2.34. The summed E-state index contributed by atoms with van der Waals surface area (Å²) in [6.45, 7) is 9.08. The number of nitrogens with zero attached hydrogens (tertiary/aromatic N) is 3. The van der Waals surface area contributed by atoms with Gasteiger partial charge in [0, 0.05) is 38.1 Å². The van der Waals surface area contributed by atoms with E-state index in [0.29, 0.717) is 13.1 Å². The summed E-state index contributed by atoms with van der Waals surface area (Å²) < 4.78 is 2.08. The van der Waals surface area contributed by atoms with Crippen molar-refractivity contribution in [1.82, 2.24) is 19.8 Å². The van der Waals surface area contributed by atoms with Crippen LogP contribution in [0, 0.1) is 6.92 Å². The minimum absolute atomic E-state index is 0.0325. The van der Waals surface area contributed by atoms with Gasteiger partial charge in [0.2, 0.25) is 0 Å². The number of nitrogens with one attached hydrogen (secondary N) is 1. The van der Waals surface area contributed by atoms with Crippen molar-refractivity contribution in [2.75, 3.05) is 6.54 Å². The van der Waals surface area contributed by atoms with E-state index in [2.05, 4.69) is 27.0 Å². The fourth-order valence-corrected chi connectivity index (χ4v) is 2.70. The molecule has 6 nitrogen and oxygen atoms in total. The highest BCUT2D eigenvalue weighted by molar-refractivity contribution is 5.74. The van der Waals surface area contributed by atoms with Gasteiger partial charge in [0.05, 0.1) is 6.10 Å². The Kier molecular flexibility index (Phi) is 6.58. The molecule has 1 aromatic heterocycles. The molecule has 6 heteroatoms. The average molecular weight is 344 g/mol. The van der Waals surface area contributed by atoms with Crippen LogP contribution in [0.3, 0.4) is 0 Å². The molecule has 0 radical (unpaired) electrons. The fourth-order valence-electron chi connectivity index (χ4n) is 2.70. The van der Waals surface area contributed by atoms with Crippen molar-refractivity contribution in [2.45, 2.75) is 52.9 Å². The first-order valence-corrected chi connectivity index (χ1v) is 8.65. The Labute approximate surface area is 149 Å². The van der Waals surface area contributed by atoms with Gasteiger partial charge in [0.1, 0.15) is 5.82 Å². The van der Waals surface area contributed by atoms with Crippen molar-refractivity contribution in [1.29, 1.82) is 0 Å². The lowest BCUT2D eigenvalue weighted by Crippen LogP contribution is -2.46. The summed E-state index contributed by atoms with van der Waals surface area (Å²) in [4.78, 5) is 18.2. The minimum atomic E-state index is -0.546. The van der Waals surface area contributed by atoms with Gasteiger partial charge in [-0.05, 0) is 38.8 Å². The summed E-state index contributed by atoms with van der Waals surface area (Å²) in [5.41, 5.74) is 2.21. The third-order valence-corrected chi connectivity index (χ3v) is 4.06. The van der Waals surface area contributed by atoms with Crippen molar-refractivity contribution < 1.29 is 9.90 Å². The van der Waals surface area contributed by atoms with E-state index >= 15 is 0 Å². The normalized spacial score (nSPS) is 12.2. The predicted molar refractivity (Wildman–Crippen MR) is 98.3 cm³/mol. The third kappa shape index (κ3) is 5.60. The second-order valence-corrected chi connectivity index (χ2v) is 6.68. The number of urea groups is 1. The van der Waals surface area contributed by atoms with E-state index < -0.39 is 6.10 Å². The number of aromatic nitrogens is 2. The number of hydrogen-bond donors (Lipinski definition) is 2. The maximum atomic E-state index is 12.4. The van der Waals surface area contributed by atoms with Crippen LogP contribution in [-0.2, 0) is 13.1 Å². The van der Waals surface area contributed by atoms with E-state index in [-0.39, 0.29) is 12.1 Å². The molecule has 2 amide bonds. The zero-order valence-electron chi connectivity index (χ0n) is 15.4. The molecule has 0 aliphatic rings. The highest BCUT2D eigenvalue weighted by atomic mass is 16.3. The van der Waals surface area contributed by atoms with Crippen LogP contribution in [0.1, 0.15) is 37.7 Å². The number of carbonyl (C=O) groups is 1. The summed E-state index contributed by atoms with van der Waals surface area (Å²) in [5.74, 6) is 0.976. The van der Waals surface area contributed by atoms with Crippen LogP contribution in [0.5, 0.6) is 0 Å². The maximum Gasteiger partial charge on any atom is 0.317 e. The van der Waals surface area contributed by atoms with Gasteiger partial charge in [0.15, 0.2) is 0 Å². The molecule has 0 fully saturated rings. The van der Waals surface area contributed by atoms with Crippen LogP contribution in [0.2, 0.25) is 0 Å². The van der Waals surface area contributed by atoms with Crippen molar-refractivity contribution in [3.8, 4) is 0 Å². The minimum Gasteiger partial charge on any atom is -0.392 e. The Balaban J connectivity index is 1.97. The molecule has 1 aromatic carbocycles. The summed E-state index contributed by atoms with van der Waals surface area (Å²) in [6, 6.07) is 8.03. The van der Waals surface area contributed by atoms with Crippen LogP contribution in [-0.4, -0.2) is 44.3 Å². The molecule has 25 heavy (non-hydrogen) atoms. The van der Waals surface area contributed by atoms with E-state index in [1.54, 1.807) is 18.0 Å². The molecular weight excluding hydrogens is 316 g/mol. The monoisotopic (exact) mass is 344 g/mol.